The fourth-order valence-corrected chi connectivity index (χ4v) is 4.03. The summed E-state index contributed by atoms with van der Waals surface area (Å²) < 4.78 is 108. The van der Waals surface area contributed by atoms with Crippen molar-refractivity contribution in [2.75, 3.05) is 26.0 Å². The average molecular weight is 500 g/mol. The van der Waals surface area contributed by atoms with Gasteiger partial charge in [-0.2, -0.15) is 26.3 Å². The molecule has 1 atom stereocenters. The largest absolute Gasteiger partial charge is 0.483 e. The number of hydrogen-bond acceptors (Lipinski definition) is 6. The van der Waals surface area contributed by atoms with E-state index >= 15 is 0 Å². The van der Waals surface area contributed by atoms with Crippen molar-refractivity contribution in [1.29, 1.82) is 0 Å². The lowest BCUT2D eigenvalue weighted by molar-refractivity contribution is -0.155. The zero-order valence-electron chi connectivity index (χ0n) is 17.0. The summed E-state index contributed by atoms with van der Waals surface area (Å²) in [6, 6.07) is 3.73. The summed E-state index contributed by atoms with van der Waals surface area (Å²) in [4.78, 5) is 14.0. The Morgan fingerprint density at radius 2 is 1.91 bits per heavy atom. The standard InChI is InChI=1S/C19H18F6N2O5S/c1-33(29,30)13-2-3-15(31-10-18(20,21)22)14(8-13)17(28)27-5-4-11(9-27)6-12-7-16(32-26-12)19(23,24)25/h2-3,7-8,11H,4-6,9-10H2,1H3. The van der Waals surface area contributed by atoms with Crippen LogP contribution in [0, 0.1) is 5.92 Å². The number of alkyl halides is 6. The number of carbonyl (C=O) groups excluding carboxylic acids is 1. The highest BCUT2D eigenvalue weighted by Crippen LogP contribution is 2.32. The van der Waals surface area contributed by atoms with Crippen LogP contribution in [-0.4, -0.2) is 56.5 Å². The van der Waals surface area contributed by atoms with E-state index < -0.39 is 46.2 Å². The number of benzene rings is 1. The van der Waals surface area contributed by atoms with Crippen LogP contribution in [0.1, 0.15) is 28.2 Å². The van der Waals surface area contributed by atoms with Crippen molar-refractivity contribution in [2.45, 2.75) is 30.1 Å². The maximum Gasteiger partial charge on any atom is 0.452 e. The average Bonchev–Trinajstić information content (AvgIpc) is 3.34. The quantitative estimate of drug-likeness (QED) is 0.562. The molecule has 2 heterocycles. The topological polar surface area (TPSA) is 89.7 Å². The molecule has 3 rings (SSSR count). The third-order valence-corrected chi connectivity index (χ3v) is 6.02. The maximum atomic E-state index is 13.0. The van der Waals surface area contributed by atoms with Crippen LogP contribution in [-0.2, 0) is 22.4 Å². The molecule has 1 aliphatic rings. The minimum Gasteiger partial charge on any atom is -0.483 e. The summed E-state index contributed by atoms with van der Waals surface area (Å²) in [5, 5.41) is 3.38. The number of rotatable bonds is 6. The number of likely N-dealkylation sites (tertiary alicyclic amines) is 1. The molecule has 1 fully saturated rings. The van der Waals surface area contributed by atoms with Crippen molar-refractivity contribution < 1.29 is 48.8 Å². The van der Waals surface area contributed by atoms with Crippen molar-refractivity contribution in [3.8, 4) is 5.75 Å². The Bertz CT molecular complexity index is 1130. The molecule has 7 nitrogen and oxygen atoms in total. The van der Waals surface area contributed by atoms with E-state index in [9.17, 15) is 39.6 Å². The van der Waals surface area contributed by atoms with Gasteiger partial charge in [0.2, 0.25) is 5.76 Å². The number of carbonyl (C=O) groups is 1. The van der Waals surface area contributed by atoms with E-state index in [4.69, 9.17) is 4.74 Å². The third-order valence-electron chi connectivity index (χ3n) is 4.91. The Kier molecular flexibility index (Phi) is 6.69. The molecule has 33 heavy (non-hydrogen) atoms. The van der Waals surface area contributed by atoms with Crippen molar-refractivity contribution in [3.63, 3.8) is 0 Å². The Hall–Kier alpha value is -2.77. The molecule has 0 saturated carbocycles. The number of ether oxygens (including phenoxy) is 1. The summed E-state index contributed by atoms with van der Waals surface area (Å²) in [5.41, 5.74) is -0.307. The summed E-state index contributed by atoms with van der Waals surface area (Å²) in [5.74, 6) is -2.71. The van der Waals surface area contributed by atoms with Gasteiger partial charge in [0, 0.05) is 25.4 Å². The highest BCUT2D eigenvalue weighted by Gasteiger charge is 2.37. The summed E-state index contributed by atoms with van der Waals surface area (Å²) in [6.07, 6.45) is -8.00. The fraction of sp³-hybridized carbons (Fsp3) is 0.474. The van der Waals surface area contributed by atoms with Crippen molar-refractivity contribution in [2.24, 2.45) is 5.92 Å². The molecule has 14 heteroatoms. The highest BCUT2D eigenvalue weighted by atomic mass is 32.2. The van der Waals surface area contributed by atoms with Crippen LogP contribution in [0.25, 0.3) is 0 Å². The Morgan fingerprint density at radius 1 is 1.21 bits per heavy atom. The predicted molar refractivity (Wildman–Crippen MR) is 100 cm³/mol. The van der Waals surface area contributed by atoms with Gasteiger partial charge >= 0.3 is 12.4 Å². The molecule has 182 valence electrons. The molecule has 0 radical (unpaired) electrons. The second-order valence-corrected chi connectivity index (χ2v) is 9.64. The molecule has 0 aliphatic carbocycles. The van der Waals surface area contributed by atoms with Crippen LogP contribution in [0.4, 0.5) is 26.3 Å². The van der Waals surface area contributed by atoms with Crippen LogP contribution >= 0.6 is 0 Å². The number of aromatic nitrogens is 1. The SMILES string of the molecule is CS(=O)(=O)c1ccc(OCC(F)(F)F)c(C(=O)N2CCC(Cc3cc(C(F)(F)F)on3)C2)c1. The van der Waals surface area contributed by atoms with Gasteiger partial charge in [0.1, 0.15) is 5.75 Å². The second kappa shape index (κ2) is 8.88. The number of amides is 1. The van der Waals surface area contributed by atoms with Gasteiger partial charge in [-0.25, -0.2) is 8.42 Å². The zero-order chi connectivity index (χ0) is 24.6. The molecule has 1 aromatic heterocycles. The summed E-state index contributed by atoms with van der Waals surface area (Å²) in [6.45, 7) is -1.44. The lowest BCUT2D eigenvalue weighted by Gasteiger charge is -2.20. The van der Waals surface area contributed by atoms with Crippen LogP contribution < -0.4 is 4.74 Å². The first-order chi connectivity index (χ1) is 15.1. The summed E-state index contributed by atoms with van der Waals surface area (Å²) >= 11 is 0. The molecule has 0 spiro atoms. The molecule has 1 aliphatic heterocycles. The molecule has 0 N–H and O–H groups in total. The van der Waals surface area contributed by atoms with Gasteiger partial charge in [0.15, 0.2) is 16.4 Å². The second-order valence-electron chi connectivity index (χ2n) is 7.62. The lowest BCUT2D eigenvalue weighted by Crippen LogP contribution is -2.30. The Labute approximate surface area is 184 Å². The highest BCUT2D eigenvalue weighted by molar-refractivity contribution is 7.90. The molecule has 1 aromatic carbocycles. The number of sulfone groups is 1. The number of hydrogen-bond donors (Lipinski definition) is 0. The van der Waals surface area contributed by atoms with Crippen LogP contribution in [0.15, 0.2) is 33.7 Å². The van der Waals surface area contributed by atoms with E-state index in [1.165, 1.54) is 4.90 Å². The van der Waals surface area contributed by atoms with Crippen molar-refractivity contribution in [1.82, 2.24) is 10.1 Å². The number of nitrogens with zero attached hydrogens (tertiary/aromatic N) is 2. The normalized spacial score (nSPS) is 17.4. The van der Waals surface area contributed by atoms with Gasteiger partial charge in [-0.05, 0) is 37.0 Å². The summed E-state index contributed by atoms with van der Waals surface area (Å²) in [7, 11) is -3.76. The van der Waals surface area contributed by atoms with Gasteiger partial charge < -0.3 is 14.2 Å². The van der Waals surface area contributed by atoms with Gasteiger partial charge in [-0.3, -0.25) is 4.79 Å². The fourth-order valence-electron chi connectivity index (χ4n) is 3.38. The van der Waals surface area contributed by atoms with Gasteiger partial charge in [-0.1, -0.05) is 5.16 Å². The van der Waals surface area contributed by atoms with E-state index in [1.54, 1.807) is 0 Å². The molecular weight excluding hydrogens is 482 g/mol. The minimum absolute atomic E-state index is 0.0508. The molecule has 2 aromatic rings. The van der Waals surface area contributed by atoms with Crippen molar-refractivity contribution in [3.05, 3.63) is 41.3 Å². The van der Waals surface area contributed by atoms with Crippen LogP contribution in [0.2, 0.25) is 0 Å². The Morgan fingerprint density at radius 3 is 2.48 bits per heavy atom. The van der Waals surface area contributed by atoms with Gasteiger partial charge in [0.05, 0.1) is 16.2 Å². The number of halogens is 6. The molecule has 1 unspecified atom stereocenters. The van der Waals surface area contributed by atoms with E-state index in [0.717, 1.165) is 30.5 Å². The molecule has 0 bridgehead atoms. The molecular formula is C19H18F6N2O5S. The minimum atomic E-state index is -4.68. The molecule has 1 amide bonds. The van der Waals surface area contributed by atoms with E-state index in [1.807, 2.05) is 0 Å². The predicted octanol–water partition coefficient (Wildman–Crippen LogP) is 3.74. The first-order valence-electron chi connectivity index (χ1n) is 9.49. The van der Waals surface area contributed by atoms with E-state index in [0.29, 0.717) is 6.42 Å². The van der Waals surface area contributed by atoms with Crippen molar-refractivity contribution >= 4 is 15.7 Å². The van der Waals surface area contributed by atoms with E-state index in [-0.39, 0.29) is 41.6 Å². The Balaban J connectivity index is 1.77. The van der Waals surface area contributed by atoms with Gasteiger partial charge in [0.25, 0.3) is 5.91 Å². The smallest absolute Gasteiger partial charge is 0.452 e. The lowest BCUT2D eigenvalue weighted by atomic mass is 10.0. The van der Waals surface area contributed by atoms with Gasteiger partial charge in [-0.15, -0.1) is 0 Å². The third kappa shape index (κ3) is 6.39. The first kappa shape index (κ1) is 24.9. The maximum absolute atomic E-state index is 13.0. The zero-order valence-corrected chi connectivity index (χ0v) is 17.9. The monoisotopic (exact) mass is 500 g/mol. The van der Waals surface area contributed by atoms with Crippen LogP contribution in [0.5, 0.6) is 5.75 Å². The first-order valence-corrected chi connectivity index (χ1v) is 11.4. The van der Waals surface area contributed by atoms with Crippen LogP contribution in [0.3, 0.4) is 0 Å². The molecule has 1 saturated heterocycles. The van der Waals surface area contributed by atoms with E-state index in [2.05, 4.69) is 9.68 Å².